The predicted molar refractivity (Wildman–Crippen MR) is 95.5 cm³/mol. The van der Waals surface area contributed by atoms with Crippen molar-refractivity contribution in [3.05, 3.63) is 63.5 Å². The Hall–Kier alpha value is -1.93. The summed E-state index contributed by atoms with van der Waals surface area (Å²) in [7, 11) is 0. The van der Waals surface area contributed by atoms with Crippen molar-refractivity contribution in [1.29, 1.82) is 0 Å². The minimum Gasteiger partial charge on any atom is -0.355 e. The molecular weight excluding hydrogens is 389 g/mol. The van der Waals surface area contributed by atoms with Gasteiger partial charge in [-0.05, 0) is 30.4 Å². The van der Waals surface area contributed by atoms with Crippen molar-refractivity contribution in [2.45, 2.75) is 24.0 Å². The number of halogens is 4. The molecule has 140 valence electrons. The molecule has 0 bridgehead atoms. The molecule has 2 aromatic rings. The number of thioether (sulfide) groups is 1. The van der Waals surface area contributed by atoms with Gasteiger partial charge < -0.3 is 9.88 Å². The van der Waals surface area contributed by atoms with Crippen LogP contribution in [0.2, 0.25) is 5.02 Å². The van der Waals surface area contributed by atoms with Gasteiger partial charge in [0.1, 0.15) is 11.6 Å². The average Bonchev–Trinajstić information content (AvgIpc) is 2.58. The fourth-order valence-electron chi connectivity index (χ4n) is 2.09. The third-order valence-corrected chi connectivity index (χ3v) is 4.71. The van der Waals surface area contributed by atoms with Gasteiger partial charge in [-0.3, -0.25) is 9.59 Å². The molecule has 1 aromatic heterocycles. The van der Waals surface area contributed by atoms with Crippen LogP contribution in [-0.4, -0.2) is 22.8 Å². The Kier molecular flexibility index (Phi) is 7.16. The van der Waals surface area contributed by atoms with Crippen molar-refractivity contribution in [3.8, 4) is 0 Å². The number of amides is 1. The maximum atomic E-state index is 12.8. The molecule has 4 nitrogen and oxygen atoms in total. The van der Waals surface area contributed by atoms with E-state index in [1.54, 1.807) is 11.8 Å². The summed E-state index contributed by atoms with van der Waals surface area (Å²) in [4.78, 5) is 24.8. The molecule has 2 rings (SSSR count). The smallest absolute Gasteiger partial charge is 0.355 e. The molecule has 9 heteroatoms. The lowest BCUT2D eigenvalue weighted by Gasteiger charge is -2.12. The zero-order chi connectivity index (χ0) is 19.2. The van der Waals surface area contributed by atoms with E-state index in [0.29, 0.717) is 29.8 Å². The molecular formula is C17H16ClF3N2O2S. The third-order valence-electron chi connectivity index (χ3n) is 3.34. The number of carbonyl (C=O) groups is 1. The fourth-order valence-corrected chi connectivity index (χ4v) is 3.19. The molecule has 0 aliphatic carbocycles. The van der Waals surface area contributed by atoms with Gasteiger partial charge in [0.15, 0.2) is 0 Å². The summed E-state index contributed by atoms with van der Waals surface area (Å²) in [5, 5.41) is 2.01. The highest BCUT2D eigenvalue weighted by atomic mass is 35.5. The van der Waals surface area contributed by atoms with E-state index in [4.69, 9.17) is 11.6 Å². The summed E-state index contributed by atoms with van der Waals surface area (Å²) in [6.07, 6.45) is -3.37. The van der Waals surface area contributed by atoms with Gasteiger partial charge in [-0.25, -0.2) is 0 Å². The van der Waals surface area contributed by atoms with Crippen LogP contribution in [0.25, 0.3) is 0 Å². The second-order valence-electron chi connectivity index (χ2n) is 5.37. The Labute approximate surface area is 157 Å². The van der Waals surface area contributed by atoms with Crippen LogP contribution in [0.15, 0.2) is 52.3 Å². The first-order valence-electron chi connectivity index (χ1n) is 7.69. The Morgan fingerprint density at radius 2 is 1.92 bits per heavy atom. The first kappa shape index (κ1) is 20.4. The first-order valence-corrected chi connectivity index (χ1v) is 9.05. The molecule has 0 atom stereocenters. The lowest BCUT2D eigenvalue weighted by molar-refractivity contribution is -0.138. The lowest BCUT2D eigenvalue weighted by Crippen LogP contribution is -2.33. The normalized spacial score (nSPS) is 11.4. The van der Waals surface area contributed by atoms with Gasteiger partial charge in [0, 0.05) is 17.6 Å². The van der Waals surface area contributed by atoms with Crippen LogP contribution in [0.3, 0.4) is 0 Å². The molecule has 0 saturated carbocycles. The zero-order valence-corrected chi connectivity index (χ0v) is 15.1. The predicted octanol–water partition coefficient (Wildman–Crippen LogP) is 3.82. The standard InChI is InChI=1S/C17H16ClF3N2O2S/c18-14-9-12(17(19,20)21)10-23(16(14)25)11-15(24)22-7-4-8-26-13-5-2-1-3-6-13/h1-3,5-6,9-10H,4,7-8,11H2,(H,22,24). The van der Waals surface area contributed by atoms with E-state index in [-0.39, 0.29) is 0 Å². The van der Waals surface area contributed by atoms with E-state index in [2.05, 4.69) is 5.32 Å². The minimum atomic E-state index is -4.65. The largest absolute Gasteiger partial charge is 0.417 e. The van der Waals surface area contributed by atoms with E-state index in [0.717, 1.165) is 10.6 Å². The summed E-state index contributed by atoms with van der Waals surface area (Å²) in [6.45, 7) is -0.158. The number of hydrogen-bond acceptors (Lipinski definition) is 3. The Balaban J connectivity index is 1.84. The summed E-state index contributed by atoms with van der Waals surface area (Å²) >= 11 is 7.18. The quantitative estimate of drug-likeness (QED) is 0.564. The number of carbonyl (C=O) groups excluding carboxylic acids is 1. The highest BCUT2D eigenvalue weighted by Crippen LogP contribution is 2.29. The molecule has 0 radical (unpaired) electrons. The summed E-state index contributed by atoms with van der Waals surface area (Å²) in [5.41, 5.74) is -1.91. The Morgan fingerprint density at radius 1 is 1.23 bits per heavy atom. The molecule has 1 heterocycles. The average molecular weight is 405 g/mol. The molecule has 1 N–H and O–H groups in total. The Bertz CT molecular complexity index is 810. The van der Waals surface area contributed by atoms with Crippen molar-refractivity contribution < 1.29 is 18.0 Å². The maximum Gasteiger partial charge on any atom is 0.417 e. The maximum absolute atomic E-state index is 12.8. The summed E-state index contributed by atoms with van der Waals surface area (Å²) in [5.74, 6) is 0.229. The zero-order valence-electron chi connectivity index (χ0n) is 13.6. The Morgan fingerprint density at radius 3 is 2.58 bits per heavy atom. The first-order chi connectivity index (χ1) is 12.3. The molecule has 26 heavy (non-hydrogen) atoms. The molecule has 1 aromatic carbocycles. The summed E-state index contributed by atoms with van der Waals surface area (Å²) < 4.78 is 39.0. The third kappa shape index (κ3) is 6.10. The molecule has 1 amide bonds. The van der Waals surface area contributed by atoms with E-state index in [1.807, 2.05) is 30.3 Å². The van der Waals surface area contributed by atoms with Crippen LogP contribution >= 0.6 is 23.4 Å². The van der Waals surface area contributed by atoms with Gasteiger partial charge in [0.2, 0.25) is 5.91 Å². The number of aromatic nitrogens is 1. The van der Waals surface area contributed by atoms with E-state index in [1.165, 1.54) is 0 Å². The van der Waals surface area contributed by atoms with Crippen molar-refractivity contribution in [2.75, 3.05) is 12.3 Å². The second-order valence-corrected chi connectivity index (χ2v) is 6.95. The monoisotopic (exact) mass is 404 g/mol. The SMILES string of the molecule is O=C(Cn1cc(C(F)(F)F)cc(Cl)c1=O)NCCCSc1ccccc1. The number of nitrogens with zero attached hydrogens (tertiary/aromatic N) is 1. The van der Waals surface area contributed by atoms with Crippen LogP contribution in [0.4, 0.5) is 13.2 Å². The number of alkyl halides is 3. The van der Waals surface area contributed by atoms with E-state index in [9.17, 15) is 22.8 Å². The summed E-state index contributed by atoms with van der Waals surface area (Å²) in [6, 6.07) is 10.3. The van der Waals surface area contributed by atoms with Crippen LogP contribution < -0.4 is 10.9 Å². The van der Waals surface area contributed by atoms with Gasteiger partial charge in [-0.1, -0.05) is 29.8 Å². The van der Waals surface area contributed by atoms with Gasteiger partial charge in [-0.15, -0.1) is 11.8 Å². The fraction of sp³-hybridized carbons (Fsp3) is 0.294. The number of benzene rings is 1. The van der Waals surface area contributed by atoms with E-state index >= 15 is 0 Å². The molecule has 0 saturated heterocycles. The van der Waals surface area contributed by atoms with Crippen molar-refractivity contribution in [1.82, 2.24) is 9.88 Å². The number of pyridine rings is 1. The van der Waals surface area contributed by atoms with Crippen LogP contribution in [0, 0.1) is 0 Å². The van der Waals surface area contributed by atoms with Gasteiger partial charge in [0.05, 0.1) is 5.56 Å². The van der Waals surface area contributed by atoms with Crippen molar-refractivity contribution >= 4 is 29.3 Å². The number of nitrogens with one attached hydrogen (secondary N) is 1. The molecule has 0 aliphatic heterocycles. The highest BCUT2D eigenvalue weighted by molar-refractivity contribution is 7.99. The molecule has 0 fully saturated rings. The minimum absolute atomic E-state index is 0.361. The molecule has 0 aliphatic rings. The van der Waals surface area contributed by atoms with Crippen LogP contribution in [0.1, 0.15) is 12.0 Å². The lowest BCUT2D eigenvalue weighted by atomic mass is 10.2. The number of hydrogen-bond donors (Lipinski definition) is 1. The van der Waals surface area contributed by atoms with Gasteiger partial charge in [0.25, 0.3) is 5.56 Å². The number of rotatable bonds is 7. The van der Waals surface area contributed by atoms with Gasteiger partial charge >= 0.3 is 6.18 Å². The topological polar surface area (TPSA) is 51.1 Å². The van der Waals surface area contributed by atoms with Crippen molar-refractivity contribution in [2.24, 2.45) is 0 Å². The van der Waals surface area contributed by atoms with E-state index < -0.39 is 34.8 Å². The highest BCUT2D eigenvalue weighted by Gasteiger charge is 2.32. The van der Waals surface area contributed by atoms with Crippen LogP contribution in [0.5, 0.6) is 0 Å². The van der Waals surface area contributed by atoms with Crippen LogP contribution in [-0.2, 0) is 17.5 Å². The second kappa shape index (κ2) is 9.14. The molecule has 0 spiro atoms. The molecule has 0 unspecified atom stereocenters. The van der Waals surface area contributed by atoms with Gasteiger partial charge in [-0.2, -0.15) is 13.2 Å². The van der Waals surface area contributed by atoms with Crippen molar-refractivity contribution in [3.63, 3.8) is 0 Å².